The summed E-state index contributed by atoms with van der Waals surface area (Å²) >= 11 is 0. The molecule has 0 heterocycles. The van der Waals surface area contributed by atoms with Crippen molar-refractivity contribution in [2.45, 2.75) is 52.6 Å². The number of halogens is 2. The fraction of sp³-hybridized carbons (Fsp3) is 0.600. The van der Waals surface area contributed by atoms with E-state index < -0.39 is 5.92 Å². The zero-order valence-electron chi connectivity index (χ0n) is 11.6. The maximum Gasteiger partial charge on any atom is 0.273 e. The fourth-order valence-electron chi connectivity index (χ4n) is 1.86. The van der Waals surface area contributed by atoms with E-state index in [0.29, 0.717) is 12.6 Å². The van der Waals surface area contributed by atoms with Crippen LogP contribution in [0.5, 0.6) is 0 Å². The van der Waals surface area contributed by atoms with Crippen molar-refractivity contribution < 1.29 is 8.78 Å². The highest BCUT2D eigenvalue weighted by Crippen LogP contribution is 2.34. The maximum atomic E-state index is 14.0. The molecule has 0 saturated carbocycles. The summed E-state index contributed by atoms with van der Waals surface area (Å²) in [5, 5.41) is 3.24. The summed E-state index contributed by atoms with van der Waals surface area (Å²) in [7, 11) is 0. The Hall–Kier alpha value is -0.960. The van der Waals surface area contributed by atoms with Gasteiger partial charge >= 0.3 is 0 Å². The van der Waals surface area contributed by atoms with Gasteiger partial charge in [-0.05, 0) is 17.5 Å². The van der Waals surface area contributed by atoms with Crippen molar-refractivity contribution in [3.63, 3.8) is 0 Å². The topological polar surface area (TPSA) is 12.0 Å². The lowest BCUT2D eigenvalue weighted by molar-refractivity contribution is -0.0250. The molecule has 1 aromatic rings. The van der Waals surface area contributed by atoms with Crippen LogP contribution in [0.1, 0.15) is 45.2 Å². The largest absolute Gasteiger partial charge is 0.310 e. The summed E-state index contributed by atoms with van der Waals surface area (Å²) in [6, 6.07) is 7.06. The van der Waals surface area contributed by atoms with Gasteiger partial charge in [0.1, 0.15) is 0 Å². The first-order valence-corrected chi connectivity index (χ1v) is 6.52. The Morgan fingerprint density at radius 2 is 1.83 bits per heavy atom. The molecule has 0 atom stereocenters. The highest BCUT2D eigenvalue weighted by Gasteiger charge is 2.32. The van der Waals surface area contributed by atoms with Crippen LogP contribution in [0.3, 0.4) is 0 Å². The van der Waals surface area contributed by atoms with Crippen LogP contribution >= 0.6 is 0 Å². The van der Waals surface area contributed by atoms with Crippen LogP contribution in [-0.4, -0.2) is 6.04 Å². The predicted molar refractivity (Wildman–Crippen MR) is 71.8 cm³/mol. The molecule has 1 nitrogen and oxygen atoms in total. The van der Waals surface area contributed by atoms with Crippen LogP contribution in [-0.2, 0) is 12.5 Å². The molecule has 0 aliphatic rings. The van der Waals surface area contributed by atoms with Crippen molar-refractivity contribution in [2.24, 2.45) is 5.92 Å². The first-order valence-electron chi connectivity index (χ1n) is 6.52. The summed E-state index contributed by atoms with van der Waals surface area (Å²) < 4.78 is 27.9. The third-order valence-electron chi connectivity index (χ3n) is 2.73. The number of hydrogen-bond acceptors (Lipinski definition) is 1. The average Bonchev–Trinajstić information content (AvgIpc) is 2.25. The van der Waals surface area contributed by atoms with E-state index in [0.717, 1.165) is 5.56 Å². The lowest BCUT2D eigenvalue weighted by Gasteiger charge is -2.19. The van der Waals surface area contributed by atoms with Gasteiger partial charge in [-0.2, -0.15) is 0 Å². The van der Waals surface area contributed by atoms with Crippen LogP contribution in [0.15, 0.2) is 24.3 Å². The van der Waals surface area contributed by atoms with Crippen molar-refractivity contribution in [1.29, 1.82) is 0 Å². The van der Waals surface area contributed by atoms with E-state index >= 15 is 0 Å². The Morgan fingerprint density at radius 3 is 2.39 bits per heavy atom. The molecule has 0 radical (unpaired) electrons. The Bertz CT molecular complexity index is 373. The summed E-state index contributed by atoms with van der Waals surface area (Å²) in [6.45, 7) is 8.34. The lowest BCUT2D eigenvalue weighted by atomic mass is 9.97. The van der Waals surface area contributed by atoms with Crippen LogP contribution in [0.25, 0.3) is 0 Å². The molecule has 1 N–H and O–H groups in total. The predicted octanol–water partition coefficient (Wildman–Crippen LogP) is 4.32. The second-order valence-electron chi connectivity index (χ2n) is 5.54. The van der Waals surface area contributed by atoms with Gasteiger partial charge in [-0.15, -0.1) is 0 Å². The molecule has 0 aromatic heterocycles. The third-order valence-corrected chi connectivity index (χ3v) is 2.73. The lowest BCUT2D eigenvalue weighted by Crippen LogP contribution is -2.22. The Kier molecular flexibility index (Phi) is 5.27. The highest BCUT2D eigenvalue weighted by molar-refractivity contribution is 5.27. The SMILES string of the molecule is CC(C)CC(F)(F)c1cccc(CNC(C)C)c1. The minimum absolute atomic E-state index is 0.0163. The quantitative estimate of drug-likeness (QED) is 0.798. The van der Waals surface area contributed by atoms with Crippen molar-refractivity contribution in [3.05, 3.63) is 35.4 Å². The van der Waals surface area contributed by atoms with E-state index in [-0.39, 0.29) is 17.9 Å². The van der Waals surface area contributed by atoms with Gasteiger partial charge < -0.3 is 5.32 Å². The number of nitrogens with one attached hydrogen (secondary N) is 1. The number of hydrogen-bond donors (Lipinski definition) is 1. The molecule has 0 spiro atoms. The van der Waals surface area contributed by atoms with Crippen LogP contribution < -0.4 is 5.32 Å². The van der Waals surface area contributed by atoms with Gasteiger partial charge in [-0.3, -0.25) is 0 Å². The Labute approximate surface area is 109 Å². The van der Waals surface area contributed by atoms with E-state index in [2.05, 4.69) is 5.32 Å². The molecular formula is C15H23F2N. The van der Waals surface area contributed by atoms with Crippen molar-refractivity contribution in [2.75, 3.05) is 0 Å². The molecule has 0 saturated heterocycles. The number of benzene rings is 1. The summed E-state index contributed by atoms with van der Waals surface area (Å²) in [5.74, 6) is -2.75. The second kappa shape index (κ2) is 6.28. The molecule has 1 rings (SSSR count). The summed E-state index contributed by atoms with van der Waals surface area (Å²) in [4.78, 5) is 0. The number of alkyl halides is 2. The minimum atomic E-state index is -2.73. The van der Waals surface area contributed by atoms with Gasteiger partial charge in [0.05, 0.1) is 0 Å². The van der Waals surface area contributed by atoms with E-state index in [4.69, 9.17) is 0 Å². The molecule has 0 unspecified atom stereocenters. The Balaban J connectivity index is 2.80. The van der Waals surface area contributed by atoms with Crippen molar-refractivity contribution in [1.82, 2.24) is 5.32 Å². The van der Waals surface area contributed by atoms with E-state index in [1.165, 1.54) is 6.07 Å². The standard InChI is InChI=1S/C15H23F2N/c1-11(2)9-15(16,17)14-7-5-6-13(8-14)10-18-12(3)4/h5-8,11-12,18H,9-10H2,1-4H3. The number of rotatable bonds is 6. The first kappa shape index (κ1) is 15.1. The van der Waals surface area contributed by atoms with Crippen molar-refractivity contribution >= 4 is 0 Å². The molecule has 102 valence electrons. The van der Waals surface area contributed by atoms with Gasteiger partial charge in [-0.1, -0.05) is 45.9 Å². The monoisotopic (exact) mass is 255 g/mol. The average molecular weight is 255 g/mol. The van der Waals surface area contributed by atoms with Gasteiger partial charge in [0.2, 0.25) is 0 Å². The van der Waals surface area contributed by atoms with E-state index in [9.17, 15) is 8.78 Å². The van der Waals surface area contributed by atoms with Gasteiger partial charge in [0.15, 0.2) is 0 Å². The minimum Gasteiger partial charge on any atom is -0.310 e. The van der Waals surface area contributed by atoms with Gasteiger partial charge in [-0.25, -0.2) is 8.78 Å². The van der Waals surface area contributed by atoms with Gasteiger partial charge in [0.25, 0.3) is 5.92 Å². The molecule has 0 bridgehead atoms. The molecule has 1 aromatic carbocycles. The van der Waals surface area contributed by atoms with Gasteiger partial charge in [0, 0.05) is 24.6 Å². The first-order chi connectivity index (χ1) is 8.31. The summed E-state index contributed by atoms with van der Waals surface area (Å²) in [6.07, 6.45) is -0.103. The van der Waals surface area contributed by atoms with Crippen molar-refractivity contribution in [3.8, 4) is 0 Å². The molecule has 0 aliphatic heterocycles. The zero-order valence-corrected chi connectivity index (χ0v) is 11.6. The molecule has 0 amide bonds. The molecule has 18 heavy (non-hydrogen) atoms. The fourth-order valence-corrected chi connectivity index (χ4v) is 1.86. The Morgan fingerprint density at radius 1 is 1.17 bits per heavy atom. The maximum absolute atomic E-state index is 14.0. The molecule has 0 fully saturated rings. The molecule has 3 heteroatoms. The smallest absolute Gasteiger partial charge is 0.273 e. The molecular weight excluding hydrogens is 232 g/mol. The highest BCUT2D eigenvalue weighted by atomic mass is 19.3. The molecule has 0 aliphatic carbocycles. The normalized spacial score (nSPS) is 12.4. The van der Waals surface area contributed by atoms with E-state index in [1.807, 2.05) is 33.8 Å². The van der Waals surface area contributed by atoms with Crippen LogP contribution in [0, 0.1) is 5.92 Å². The van der Waals surface area contributed by atoms with E-state index in [1.54, 1.807) is 12.1 Å². The third kappa shape index (κ3) is 4.73. The van der Waals surface area contributed by atoms with Crippen LogP contribution in [0.4, 0.5) is 8.78 Å². The zero-order chi connectivity index (χ0) is 13.8. The van der Waals surface area contributed by atoms with Crippen LogP contribution in [0.2, 0.25) is 0 Å². The summed E-state index contributed by atoms with van der Waals surface area (Å²) in [5.41, 5.74) is 1.03. The second-order valence-corrected chi connectivity index (χ2v) is 5.54.